The molecular formula is C15H24O2. The molecule has 17 heavy (non-hydrogen) atoms. The predicted octanol–water partition coefficient (Wildman–Crippen LogP) is 4.00. The lowest BCUT2D eigenvalue weighted by Gasteiger charge is -2.27. The maximum Gasteiger partial charge on any atom is 0.334 e. The molecule has 0 amide bonds. The molecule has 0 aromatic heterocycles. The van der Waals surface area contributed by atoms with Crippen LogP contribution >= 0.6 is 0 Å². The van der Waals surface area contributed by atoms with Gasteiger partial charge in [-0.1, -0.05) is 18.9 Å². The van der Waals surface area contributed by atoms with Gasteiger partial charge in [0.15, 0.2) is 0 Å². The highest BCUT2D eigenvalue weighted by Crippen LogP contribution is 2.50. The molecule has 0 radical (unpaired) electrons. The van der Waals surface area contributed by atoms with E-state index in [9.17, 15) is 4.79 Å². The van der Waals surface area contributed by atoms with Crippen LogP contribution in [-0.4, -0.2) is 11.6 Å². The second kappa shape index (κ2) is 4.83. The van der Waals surface area contributed by atoms with Gasteiger partial charge in [0.1, 0.15) is 5.60 Å². The molecule has 0 heterocycles. The zero-order valence-corrected chi connectivity index (χ0v) is 11.3. The molecule has 0 unspecified atom stereocenters. The summed E-state index contributed by atoms with van der Waals surface area (Å²) in [5.74, 6) is 0.776. The second-order valence-electron chi connectivity index (χ2n) is 5.95. The molecule has 96 valence electrons. The number of ether oxygens (including phenoxy) is 1. The third kappa shape index (κ3) is 2.56. The average Bonchev–Trinajstić information content (AvgIpc) is 2.84. The summed E-state index contributed by atoms with van der Waals surface area (Å²) >= 11 is 0. The smallest absolute Gasteiger partial charge is 0.334 e. The molecule has 2 aliphatic carbocycles. The Hall–Kier alpha value is -0.790. The Labute approximate surface area is 104 Å². The van der Waals surface area contributed by atoms with Crippen LogP contribution in [-0.2, 0) is 9.53 Å². The average molecular weight is 236 g/mol. The van der Waals surface area contributed by atoms with Gasteiger partial charge >= 0.3 is 5.97 Å². The number of carbonyl (C=O) groups is 1. The summed E-state index contributed by atoms with van der Waals surface area (Å²) < 4.78 is 5.87. The summed E-state index contributed by atoms with van der Waals surface area (Å²) in [6.45, 7) is 6.13. The molecule has 0 saturated heterocycles. The lowest BCUT2D eigenvalue weighted by Crippen LogP contribution is -2.31. The molecule has 0 aromatic carbocycles. The Morgan fingerprint density at radius 2 is 1.94 bits per heavy atom. The third-order valence-electron chi connectivity index (χ3n) is 4.34. The molecule has 0 spiro atoms. The van der Waals surface area contributed by atoms with Crippen LogP contribution in [0.1, 0.15) is 65.7 Å². The number of rotatable bonds is 4. The van der Waals surface area contributed by atoms with E-state index in [-0.39, 0.29) is 11.6 Å². The standard InChI is InChI=1S/C15H24O2/c1-4-5-13(11(2)3)14(16)17-15-8-6-12(10-15)7-9-15/h12H,4-10H2,1-3H3. The number of fused-ring (bicyclic) bond motifs is 2. The lowest BCUT2D eigenvalue weighted by atomic mass is 9.96. The van der Waals surface area contributed by atoms with E-state index in [4.69, 9.17) is 4.74 Å². The van der Waals surface area contributed by atoms with Gasteiger partial charge in [-0.3, -0.25) is 0 Å². The van der Waals surface area contributed by atoms with Crippen molar-refractivity contribution in [2.75, 3.05) is 0 Å². The van der Waals surface area contributed by atoms with E-state index in [1.807, 2.05) is 13.8 Å². The molecule has 2 heteroatoms. The SMILES string of the molecule is CCCC(C(=O)OC12CCC(CC1)C2)=C(C)C. The van der Waals surface area contributed by atoms with Gasteiger partial charge in [-0.05, 0) is 58.3 Å². The summed E-state index contributed by atoms with van der Waals surface area (Å²) in [5, 5.41) is 0. The van der Waals surface area contributed by atoms with Crippen LogP contribution in [0, 0.1) is 5.92 Å². The van der Waals surface area contributed by atoms with Gasteiger partial charge in [-0.2, -0.15) is 0 Å². The van der Waals surface area contributed by atoms with Crippen molar-refractivity contribution in [3.63, 3.8) is 0 Å². The molecule has 2 fully saturated rings. The highest BCUT2D eigenvalue weighted by molar-refractivity contribution is 5.89. The summed E-state index contributed by atoms with van der Waals surface area (Å²) in [6.07, 6.45) is 7.65. The van der Waals surface area contributed by atoms with Crippen molar-refractivity contribution in [1.29, 1.82) is 0 Å². The lowest BCUT2D eigenvalue weighted by molar-refractivity contribution is -0.154. The van der Waals surface area contributed by atoms with Gasteiger partial charge in [0, 0.05) is 5.57 Å². The van der Waals surface area contributed by atoms with Gasteiger partial charge < -0.3 is 4.74 Å². The minimum Gasteiger partial charge on any atom is -0.456 e. The van der Waals surface area contributed by atoms with Crippen LogP contribution in [0.4, 0.5) is 0 Å². The molecule has 2 nitrogen and oxygen atoms in total. The van der Waals surface area contributed by atoms with E-state index in [0.717, 1.165) is 49.2 Å². The van der Waals surface area contributed by atoms with E-state index < -0.39 is 0 Å². The Balaban J connectivity index is 2.03. The van der Waals surface area contributed by atoms with Crippen molar-refractivity contribution in [2.24, 2.45) is 5.92 Å². The summed E-state index contributed by atoms with van der Waals surface area (Å²) in [4.78, 5) is 12.2. The van der Waals surface area contributed by atoms with Gasteiger partial charge in [0.25, 0.3) is 0 Å². The number of carbonyl (C=O) groups excluding carboxylic acids is 1. The fourth-order valence-electron chi connectivity index (χ4n) is 3.35. The predicted molar refractivity (Wildman–Crippen MR) is 68.7 cm³/mol. The van der Waals surface area contributed by atoms with Crippen molar-refractivity contribution >= 4 is 5.97 Å². The van der Waals surface area contributed by atoms with Gasteiger partial charge in [-0.25, -0.2) is 4.79 Å². The highest BCUT2D eigenvalue weighted by atomic mass is 16.6. The van der Waals surface area contributed by atoms with Gasteiger partial charge in [0.2, 0.25) is 0 Å². The van der Waals surface area contributed by atoms with Crippen molar-refractivity contribution in [3.05, 3.63) is 11.1 Å². The Morgan fingerprint density at radius 3 is 2.35 bits per heavy atom. The summed E-state index contributed by atoms with van der Waals surface area (Å²) in [6, 6.07) is 0. The first-order valence-electron chi connectivity index (χ1n) is 6.96. The molecule has 0 N–H and O–H groups in total. The molecule has 2 saturated carbocycles. The minimum atomic E-state index is -0.0871. The third-order valence-corrected chi connectivity index (χ3v) is 4.34. The van der Waals surface area contributed by atoms with Crippen LogP contribution in [0.5, 0.6) is 0 Å². The molecular weight excluding hydrogens is 212 g/mol. The van der Waals surface area contributed by atoms with E-state index in [2.05, 4.69) is 6.92 Å². The Kier molecular flexibility index (Phi) is 3.60. The van der Waals surface area contributed by atoms with Crippen LogP contribution in [0.2, 0.25) is 0 Å². The number of esters is 1. The molecule has 0 aliphatic heterocycles. The van der Waals surface area contributed by atoms with Crippen LogP contribution in [0.25, 0.3) is 0 Å². The van der Waals surface area contributed by atoms with Gasteiger partial charge in [-0.15, -0.1) is 0 Å². The zero-order valence-electron chi connectivity index (χ0n) is 11.3. The molecule has 2 aliphatic rings. The first kappa shape index (κ1) is 12.7. The Bertz CT molecular complexity index is 329. The fraction of sp³-hybridized carbons (Fsp3) is 0.800. The summed E-state index contributed by atoms with van der Waals surface area (Å²) in [5.41, 5.74) is 1.92. The number of hydrogen-bond donors (Lipinski definition) is 0. The van der Waals surface area contributed by atoms with E-state index in [0.29, 0.717) is 0 Å². The quantitative estimate of drug-likeness (QED) is 0.545. The summed E-state index contributed by atoms with van der Waals surface area (Å²) in [7, 11) is 0. The molecule has 0 aromatic rings. The van der Waals surface area contributed by atoms with Crippen molar-refractivity contribution in [1.82, 2.24) is 0 Å². The molecule has 0 atom stereocenters. The van der Waals surface area contributed by atoms with Crippen molar-refractivity contribution < 1.29 is 9.53 Å². The molecule has 2 rings (SSSR count). The monoisotopic (exact) mass is 236 g/mol. The Morgan fingerprint density at radius 1 is 1.29 bits per heavy atom. The maximum atomic E-state index is 12.2. The van der Waals surface area contributed by atoms with E-state index in [1.54, 1.807) is 0 Å². The van der Waals surface area contributed by atoms with Crippen LogP contribution in [0.15, 0.2) is 11.1 Å². The highest BCUT2D eigenvalue weighted by Gasteiger charge is 2.48. The van der Waals surface area contributed by atoms with Crippen molar-refractivity contribution in [3.8, 4) is 0 Å². The van der Waals surface area contributed by atoms with Crippen LogP contribution in [0.3, 0.4) is 0 Å². The number of allylic oxidation sites excluding steroid dienone is 1. The maximum absolute atomic E-state index is 12.2. The van der Waals surface area contributed by atoms with Gasteiger partial charge in [0.05, 0.1) is 0 Å². The minimum absolute atomic E-state index is 0.0469. The first-order chi connectivity index (χ1) is 8.06. The normalized spacial score (nSPS) is 30.4. The van der Waals surface area contributed by atoms with Crippen LogP contribution < -0.4 is 0 Å². The van der Waals surface area contributed by atoms with E-state index in [1.165, 1.54) is 12.8 Å². The molecule has 2 bridgehead atoms. The number of hydrogen-bond acceptors (Lipinski definition) is 2. The van der Waals surface area contributed by atoms with E-state index >= 15 is 0 Å². The fourth-order valence-corrected chi connectivity index (χ4v) is 3.35. The zero-order chi connectivity index (χ0) is 12.5. The van der Waals surface area contributed by atoms with Crippen molar-refractivity contribution in [2.45, 2.75) is 71.3 Å². The first-order valence-corrected chi connectivity index (χ1v) is 6.96. The topological polar surface area (TPSA) is 26.3 Å². The largest absolute Gasteiger partial charge is 0.456 e. The second-order valence-corrected chi connectivity index (χ2v) is 5.95.